The van der Waals surface area contributed by atoms with Gasteiger partial charge < -0.3 is 0 Å². The third kappa shape index (κ3) is 3.06. The van der Waals surface area contributed by atoms with Crippen molar-refractivity contribution in [1.29, 1.82) is 0 Å². The predicted molar refractivity (Wildman–Crippen MR) is 117 cm³/mol. The van der Waals surface area contributed by atoms with E-state index < -0.39 is 0 Å². The number of hydrogen-bond acceptors (Lipinski definition) is 5. The van der Waals surface area contributed by atoms with Crippen molar-refractivity contribution in [1.82, 2.24) is 24.5 Å². The second-order valence-corrected chi connectivity index (χ2v) is 8.45. The molecule has 1 aromatic carbocycles. The lowest BCUT2D eigenvalue weighted by Gasteiger charge is -2.05. The minimum atomic E-state index is -0.133. The number of thiophene rings is 1. The summed E-state index contributed by atoms with van der Waals surface area (Å²) in [5.41, 5.74) is 4.65. The minimum Gasteiger partial charge on any atom is -0.293 e. The molecule has 0 saturated carbocycles. The molecule has 1 N–H and O–H groups in total. The summed E-state index contributed by atoms with van der Waals surface area (Å²) in [7, 11) is 0. The lowest BCUT2D eigenvalue weighted by Crippen LogP contribution is -2.16. The molecular formula is C21H17N5OS2. The molecule has 144 valence electrons. The van der Waals surface area contributed by atoms with Crippen molar-refractivity contribution >= 4 is 22.7 Å². The molecule has 4 aromatic heterocycles. The van der Waals surface area contributed by atoms with Crippen LogP contribution in [-0.4, -0.2) is 24.5 Å². The van der Waals surface area contributed by atoms with Crippen LogP contribution in [-0.2, 0) is 0 Å². The molecule has 0 aliphatic carbocycles. The maximum absolute atomic E-state index is 13.3. The van der Waals surface area contributed by atoms with Gasteiger partial charge in [0.05, 0.1) is 33.2 Å². The lowest BCUT2D eigenvalue weighted by molar-refractivity contribution is 0.827. The second-order valence-electron chi connectivity index (χ2n) is 6.66. The number of benzene rings is 1. The summed E-state index contributed by atoms with van der Waals surface area (Å²) in [6, 6.07) is 15.8. The molecule has 0 spiro atoms. The molecule has 0 amide bonds. The van der Waals surface area contributed by atoms with E-state index in [0.29, 0.717) is 10.7 Å². The summed E-state index contributed by atoms with van der Waals surface area (Å²) >= 11 is 3.07. The largest absolute Gasteiger partial charge is 0.293 e. The molecule has 0 fully saturated rings. The molecule has 5 aromatic rings. The number of aromatic nitrogens is 5. The predicted octanol–water partition coefficient (Wildman–Crippen LogP) is 4.82. The van der Waals surface area contributed by atoms with Gasteiger partial charge in [-0.25, -0.2) is 9.67 Å². The number of aryl methyl sites for hydroxylation is 2. The molecule has 0 atom stereocenters. The third-order valence-corrected chi connectivity index (χ3v) is 6.34. The van der Waals surface area contributed by atoms with Crippen molar-refractivity contribution in [3.8, 4) is 32.6 Å². The summed E-state index contributed by atoms with van der Waals surface area (Å²) in [4.78, 5) is 19.1. The van der Waals surface area contributed by atoms with Crippen LogP contribution in [0.15, 0.2) is 64.1 Å². The smallest absolute Gasteiger partial charge is 0.283 e. The van der Waals surface area contributed by atoms with Crippen molar-refractivity contribution in [2.24, 2.45) is 0 Å². The number of aromatic amines is 1. The highest BCUT2D eigenvalue weighted by molar-refractivity contribution is 7.15. The molecule has 0 aliphatic rings. The first kappa shape index (κ1) is 17.8. The van der Waals surface area contributed by atoms with Gasteiger partial charge in [-0.1, -0.05) is 24.3 Å². The first-order valence-electron chi connectivity index (χ1n) is 9.05. The summed E-state index contributed by atoms with van der Waals surface area (Å²) in [6.07, 6.45) is 0. The van der Waals surface area contributed by atoms with Crippen molar-refractivity contribution in [2.75, 3.05) is 0 Å². The van der Waals surface area contributed by atoms with Crippen molar-refractivity contribution in [3.05, 3.63) is 81.0 Å². The van der Waals surface area contributed by atoms with Crippen LogP contribution in [0.3, 0.4) is 0 Å². The summed E-state index contributed by atoms with van der Waals surface area (Å²) in [6.45, 7) is 3.83. The third-order valence-electron chi connectivity index (χ3n) is 4.62. The Kier molecular flexibility index (Phi) is 4.30. The molecule has 0 radical (unpaired) electrons. The van der Waals surface area contributed by atoms with E-state index in [0.717, 1.165) is 33.3 Å². The van der Waals surface area contributed by atoms with Gasteiger partial charge in [0.1, 0.15) is 0 Å². The Balaban J connectivity index is 1.63. The standard InChI is InChI=1S/C21H17N5OS2/c1-13-11-17(25(23-13)15-7-4-3-5-8-15)19-14(2)24-26(20(19)27)21-22-16(12-29-21)18-9-6-10-28-18/h3-12,24H,1-2H3. The average molecular weight is 420 g/mol. The Morgan fingerprint density at radius 3 is 2.62 bits per heavy atom. The fourth-order valence-electron chi connectivity index (χ4n) is 3.33. The highest BCUT2D eigenvalue weighted by atomic mass is 32.1. The fraction of sp³-hybridized carbons (Fsp3) is 0.0952. The van der Waals surface area contributed by atoms with E-state index >= 15 is 0 Å². The molecule has 6 nitrogen and oxygen atoms in total. The lowest BCUT2D eigenvalue weighted by atomic mass is 10.1. The average Bonchev–Trinajstić information content (AvgIpc) is 3.49. The highest BCUT2D eigenvalue weighted by Crippen LogP contribution is 2.28. The van der Waals surface area contributed by atoms with E-state index in [-0.39, 0.29) is 5.56 Å². The fourth-order valence-corrected chi connectivity index (χ4v) is 4.87. The molecule has 0 aliphatic heterocycles. The number of para-hydroxylation sites is 1. The van der Waals surface area contributed by atoms with Crippen LogP contribution in [0.2, 0.25) is 0 Å². The van der Waals surface area contributed by atoms with Gasteiger partial charge in [-0.15, -0.1) is 22.7 Å². The Labute approximate surface area is 174 Å². The zero-order valence-corrected chi connectivity index (χ0v) is 17.4. The summed E-state index contributed by atoms with van der Waals surface area (Å²) < 4.78 is 3.33. The minimum absolute atomic E-state index is 0.133. The van der Waals surface area contributed by atoms with Crippen LogP contribution in [0.4, 0.5) is 0 Å². The van der Waals surface area contributed by atoms with Crippen LogP contribution in [0.1, 0.15) is 11.4 Å². The van der Waals surface area contributed by atoms with E-state index in [2.05, 4.69) is 15.2 Å². The van der Waals surface area contributed by atoms with Gasteiger partial charge in [0.25, 0.3) is 5.56 Å². The molecule has 5 rings (SSSR count). The van der Waals surface area contributed by atoms with Gasteiger partial charge in [0.15, 0.2) is 0 Å². The molecule has 29 heavy (non-hydrogen) atoms. The maximum Gasteiger partial charge on any atom is 0.283 e. The Morgan fingerprint density at radius 1 is 1.03 bits per heavy atom. The van der Waals surface area contributed by atoms with Gasteiger partial charge in [-0.2, -0.15) is 9.78 Å². The number of nitrogens with one attached hydrogen (secondary N) is 1. The summed E-state index contributed by atoms with van der Waals surface area (Å²) in [5, 5.41) is 12.4. The first-order valence-corrected chi connectivity index (χ1v) is 10.8. The van der Waals surface area contributed by atoms with Gasteiger partial charge in [0, 0.05) is 11.1 Å². The van der Waals surface area contributed by atoms with E-state index in [9.17, 15) is 4.79 Å². The molecule has 8 heteroatoms. The number of H-pyrrole nitrogens is 1. The second kappa shape index (κ2) is 6.98. The van der Waals surface area contributed by atoms with E-state index in [1.807, 2.05) is 77.8 Å². The van der Waals surface area contributed by atoms with Crippen LogP contribution < -0.4 is 5.56 Å². The van der Waals surface area contributed by atoms with E-state index in [4.69, 9.17) is 0 Å². The Hall–Kier alpha value is -3.23. The SMILES string of the molecule is Cc1cc(-c2c(C)[nH]n(-c3nc(-c4cccs4)cs3)c2=O)n(-c2ccccc2)n1. The number of rotatable bonds is 4. The van der Waals surface area contributed by atoms with Crippen LogP contribution >= 0.6 is 22.7 Å². The topological polar surface area (TPSA) is 68.5 Å². The molecule has 0 saturated heterocycles. The number of thiazole rings is 1. The van der Waals surface area contributed by atoms with Gasteiger partial charge >= 0.3 is 0 Å². The zero-order chi connectivity index (χ0) is 20.0. The van der Waals surface area contributed by atoms with Crippen molar-refractivity contribution in [2.45, 2.75) is 13.8 Å². The van der Waals surface area contributed by atoms with Crippen LogP contribution in [0.5, 0.6) is 0 Å². The Morgan fingerprint density at radius 2 is 1.86 bits per heavy atom. The number of hydrogen-bond donors (Lipinski definition) is 1. The van der Waals surface area contributed by atoms with Gasteiger partial charge in [-0.3, -0.25) is 9.89 Å². The Bertz CT molecular complexity index is 1340. The number of nitrogens with zero attached hydrogens (tertiary/aromatic N) is 4. The molecule has 0 unspecified atom stereocenters. The van der Waals surface area contributed by atoms with E-state index in [1.165, 1.54) is 16.0 Å². The zero-order valence-electron chi connectivity index (χ0n) is 15.8. The first-order chi connectivity index (χ1) is 14.1. The molecule has 4 heterocycles. The monoisotopic (exact) mass is 419 g/mol. The van der Waals surface area contributed by atoms with E-state index in [1.54, 1.807) is 11.3 Å². The normalized spacial score (nSPS) is 11.2. The van der Waals surface area contributed by atoms with Crippen LogP contribution in [0.25, 0.3) is 32.6 Å². The highest BCUT2D eigenvalue weighted by Gasteiger charge is 2.21. The van der Waals surface area contributed by atoms with Crippen LogP contribution in [0, 0.1) is 13.8 Å². The van der Waals surface area contributed by atoms with Gasteiger partial charge in [-0.05, 0) is 43.5 Å². The quantitative estimate of drug-likeness (QED) is 0.454. The van der Waals surface area contributed by atoms with Crippen molar-refractivity contribution in [3.63, 3.8) is 0 Å². The molecular weight excluding hydrogens is 402 g/mol. The van der Waals surface area contributed by atoms with Crippen molar-refractivity contribution < 1.29 is 0 Å². The maximum atomic E-state index is 13.3. The summed E-state index contributed by atoms with van der Waals surface area (Å²) in [5.74, 6) is 0. The van der Waals surface area contributed by atoms with Gasteiger partial charge in [0.2, 0.25) is 5.13 Å². The molecule has 0 bridgehead atoms.